The first kappa shape index (κ1) is 19.8. The van der Waals surface area contributed by atoms with Crippen LogP contribution in [0, 0.1) is 6.92 Å². The second-order valence-corrected chi connectivity index (χ2v) is 8.50. The minimum Gasteiger partial charge on any atom is -0.341 e. The van der Waals surface area contributed by atoms with Crippen molar-refractivity contribution in [3.63, 3.8) is 0 Å². The predicted octanol–water partition coefficient (Wildman–Crippen LogP) is 5.27. The summed E-state index contributed by atoms with van der Waals surface area (Å²) in [5.74, 6) is 0. The van der Waals surface area contributed by atoms with Crippen LogP contribution in [0.5, 0.6) is 0 Å². The number of benzene rings is 3. The minimum absolute atomic E-state index is 0.972. The van der Waals surface area contributed by atoms with E-state index in [4.69, 9.17) is 5.10 Å². The molecule has 4 nitrogen and oxygen atoms in total. The molecule has 4 aromatic rings. The van der Waals surface area contributed by atoms with E-state index in [9.17, 15) is 0 Å². The van der Waals surface area contributed by atoms with Crippen LogP contribution in [0.4, 0.5) is 0 Å². The highest BCUT2D eigenvalue weighted by molar-refractivity contribution is 6.09. The Bertz CT molecular complexity index is 1210. The molecule has 0 amide bonds. The summed E-state index contributed by atoms with van der Waals surface area (Å²) in [4.78, 5) is 2.52. The van der Waals surface area contributed by atoms with Crippen LogP contribution in [0.1, 0.15) is 23.6 Å². The predicted molar refractivity (Wildman–Crippen MR) is 131 cm³/mol. The molecule has 0 saturated carbocycles. The third-order valence-corrected chi connectivity index (χ3v) is 6.36. The van der Waals surface area contributed by atoms with Gasteiger partial charge >= 0.3 is 0 Å². The van der Waals surface area contributed by atoms with Crippen molar-refractivity contribution in [2.24, 2.45) is 5.10 Å². The van der Waals surface area contributed by atoms with E-state index in [0.29, 0.717) is 0 Å². The van der Waals surface area contributed by atoms with Crippen LogP contribution in [0.2, 0.25) is 0 Å². The first-order valence-electron chi connectivity index (χ1n) is 11.3. The Morgan fingerprint density at radius 3 is 2.35 bits per heavy atom. The number of nitrogens with zero attached hydrogens (tertiary/aromatic N) is 4. The lowest BCUT2D eigenvalue weighted by Crippen LogP contribution is -2.43. The summed E-state index contributed by atoms with van der Waals surface area (Å²) < 4.78 is 2.39. The molecule has 158 valence electrons. The van der Waals surface area contributed by atoms with Crippen LogP contribution in [-0.2, 0) is 13.1 Å². The van der Waals surface area contributed by atoms with Gasteiger partial charge in [0.15, 0.2) is 0 Å². The summed E-state index contributed by atoms with van der Waals surface area (Å²) in [7, 11) is 0. The topological polar surface area (TPSA) is 23.8 Å². The SMILES string of the molecule is CCn1c2ccccc2c2cc(C=NN3CCN(Cc4ccc(C)cc4)CC3)ccc21. The van der Waals surface area contributed by atoms with Gasteiger partial charge in [0, 0.05) is 61.1 Å². The zero-order valence-electron chi connectivity index (χ0n) is 18.5. The molecule has 1 aliphatic heterocycles. The maximum absolute atomic E-state index is 4.80. The molecule has 0 spiro atoms. The zero-order chi connectivity index (χ0) is 21.2. The van der Waals surface area contributed by atoms with Gasteiger partial charge in [-0.15, -0.1) is 0 Å². The quantitative estimate of drug-likeness (QED) is 0.418. The molecule has 0 N–H and O–H groups in total. The third kappa shape index (κ3) is 4.08. The van der Waals surface area contributed by atoms with E-state index in [2.05, 4.69) is 95.1 Å². The molecule has 0 unspecified atom stereocenters. The molecular formula is C27H30N4. The monoisotopic (exact) mass is 410 g/mol. The van der Waals surface area contributed by atoms with Gasteiger partial charge in [-0.3, -0.25) is 9.91 Å². The number of hydrogen-bond donors (Lipinski definition) is 0. The van der Waals surface area contributed by atoms with Crippen LogP contribution < -0.4 is 0 Å². The molecule has 1 aliphatic rings. The summed E-state index contributed by atoms with van der Waals surface area (Å²) in [5, 5.41) is 9.62. The summed E-state index contributed by atoms with van der Waals surface area (Å²) in [6, 6.07) is 24.3. The van der Waals surface area contributed by atoms with Gasteiger partial charge in [0.1, 0.15) is 0 Å². The zero-order valence-corrected chi connectivity index (χ0v) is 18.5. The molecule has 31 heavy (non-hydrogen) atoms. The Balaban J connectivity index is 1.27. The molecule has 0 aliphatic carbocycles. The van der Waals surface area contributed by atoms with Gasteiger partial charge < -0.3 is 4.57 Å². The van der Waals surface area contributed by atoms with E-state index in [1.165, 1.54) is 32.9 Å². The van der Waals surface area contributed by atoms with Gasteiger partial charge in [0.2, 0.25) is 0 Å². The van der Waals surface area contributed by atoms with Crippen LogP contribution in [0.3, 0.4) is 0 Å². The van der Waals surface area contributed by atoms with Gasteiger partial charge in [-0.1, -0.05) is 54.1 Å². The fourth-order valence-corrected chi connectivity index (χ4v) is 4.60. The number of rotatable bonds is 5. The summed E-state index contributed by atoms with van der Waals surface area (Å²) in [6.45, 7) is 10.4. The fourth-order valence-electron chi connectivity index (χ4n) is 4.60. The maximum atomic E-state index is 4.80. The van der Waals surface area contributed by atoms with Crippen molar-refractivity contribution in [2.45, 2.75) is 26.9 Å². The lowest BCUT2D eigenvalue weighted by Gasteiger charge is -2.33. The normalized spacial score (nSPS) is 15.5. The first-order chi connectivity index (χ1) is 15.2. The van der Waals surface area contributed by atoms with E-state index in [0.717, 1.165) is 44.8 Å². The van der Waals surface area contributed by atoms with Crippen molar-refractivity contribution in [2.75, 3.05) is 26.2 Å². The van der Waals surface area contributed by atoms with E-state index >= 15 is 0 Å². The molecule has 3 aromatic carbocycles. The summed E-state index contributed by atoms with van der Waals surface area (Å²) in [6.07, 6.45) is 2.02. The van der Waals surface area contributed by atoms with Crippen LogP contribution in [0.15, 0.2) is 71.8 Å². The smallest absolute Gasteiger partial charge is 0.0543 e. The van der Waals surface area contributed by atoms with E-state index in [-0.39, 0.29) is 0 Å². The number of para-hydroxylation sites is 1. The molecule has 1 aromatic heterocycles. The highest BCUT2D eigenvalue weighted by atomic mass is 15.5. The Morgan fingerprint density at radius 2 is 1.58 bits per heavy atom. The highest BCUT2D eigenvalue weighted by Crippen LogP contribution is 2.29. The number of hydrogen-bond acceptors (Lipinski definition) is 3. The number of fused-ring (bicyclic) bond motifs is 3. The van der Waals surface area contributed by atoms with Crippen LogP contribution in [0.25, 0.3) is 21.8 Å². The van der Waals surface area contributed by atoms with Crippen molar-refractivity contribution in [3.05, 3.63) is 83.4 Å². The van der Waals surface area contributed by atoms with Gasteiger partial charge in [0.25, 0.3) is 0 Å². The summed E-state index contributed by atoms with van der Waals surface area (Å²) >= 11 is 0. The second kappa shape index (κ2) is 8.56. The molecule has 0 radical (unpaired) electrons. The molecule has 2 heterocycles. The molecule has 1 saturated heterocycles. The Hall–Kier alpha value is -3.11. The van der Waals surface area contributed by atoms with Crippen molar-refractivity contribution in [3.8, 4) is 0 Å². The lowest BCUT2D eigenvalue weighted by molar-refractivity contribution is 0.131. The maximum Gasteiger partial charge on any atom is 0.0543 e. The highest BCUT2D eigenvalue weighted by Gasteiger charge is 2.15. The van der Waals surface area contributed by atoms with Crippen molar-refractivity contribution < 1.29 is 0 Å². The Kier molecular flexibility index (Phi) is 5.47. The van der Waals surface area contributed by atoms with Crippen LogP contribution >= 0.6 is 0 Å². The largest absolute Gasteiger partial charge is 0.341 e. The van der Waals surface area contributed by atoms with Crippen molar-refractivity contribution >= 4 is 28.0 Å². The van der Waals surface area contributed by atoms with E-state index in [1.54, 1.807) is 0 Å². The first-order valence-corrected chi connectivity index (χ1v) is 11.3. The second-order valence-electron chi connectivity index (χ2n) is 8.50. The molecule has 1 fully saturated rings. The van der Waals surface area contributed by atoms with Crippen molar-refractivity contribution in [1.29, 1.82) is 0 Å². The average Bonchev–Trinajstić information content (AvgIpc) is 3.13. The summed E-state index contributed by atoms with van der Waals surface area (Å²) in [5.41, 5.74) is 6.47. The standard InChI is InChI=1S/C27H30N4/c1-3-31-26-7-5-4-6-24(26)25-18-23(12-13-27(25)31)19-28-30-16-14-29(15-17-30)20-22-10-8-21(2)9-11-22/h4-13,18-19H,3,14-17,20H2,1-2H3. The van der Waals surface area contributed by atoms with Gasteiger partial charge in [-0.25, -0.2) is 0 Å². The number of aryl methyl sites for hydroxylation is 2. The van der Waals surface area contributed by atoms with Gasteiger partial charge in [-0.05, 0) is 43.2 Å². The molecule has 0 bridgehead atoms. The van der Waals surface area contributed by atoms with E-state index < -0.39 is 0 Å². The van der Waals surface area contributed by atoms with Crippen molar-refractivity contribution in [1.82, 2.24) is 14.5 Å². The molecule has 0 atom stereocenters. The minimum atomic E-state index is 0.972. The fraction of sp³-hybridized carbons (Fsp3) is 0.296. The van der Waals surface area contributed by atoms with E-state index in [1.807, 2.05) is 6.21 Å². The molecular weight excluding hydrogens is 380 g/mol. The average molecular weight is 411 g/mol. The molecule has 5 rings (SSSR count). The third-order valence-electron chi connectivity index (χ3n) is 6.36. The number of hydrazone groups is 1. The van der Waals surface area contributed by atoms with Gasteiger partial charge in [0.05, 0.1) is 6.21 Å². The van der Waals surface area contributed by atoms with Crippen LogP contribution in [-0.4, -0.2) is 46.9 Å². The Morgan fingerprint density at radius 1 is 0.839 bits per heavy atom. The molecule has 4 heteroatoms. The van der Waals surface area contributed by atoms with Gasteiger partial charge in [-0.2, -0.15) is 5.10 Å². The number of aromatic nitrogens is 1. The lowest BCUT2D eigenvalue weighted by atomic mass is 10.1. The Labute approximate surface area is 184 Å². The number of piperazine rings is 1.